The normalized spacial score (nSPS) is 44.6. The zero-order valence-electron chi connectivity index (χ0n) is 16.7. The minimum Gasteiger partial charge on any atom is -0.392 e. The van der Waals surface area contributed by atoms with Gasteiger partial charge < -0.3 is 10.2 Å². The molecule has 25 heavy (non-hydrogen) atoms. The Balaban J connectivity index is 1.77. The molecule has 0 aromatic carbocycles. The molecule has 0 radical (unpaired) electrons. The first-order valence-electron chi connectivity index (χ1n) is 10.6. The summed E-state index contributed by atoms with van der Waals surface area (Å²) in [5.74, 6) is 2.44. The fourth-order valence-corrected chi connectivity index (χ4v) is 6.11. The molecule has 3 fully saturated rings. The number of fused-ring (bicyclic) bond motifs is 1. The lowest BCUT2D eigenvalue weighted by Gasteiger charge is -2.44. The van der Waals surface area contributed by atoms with Crippen molar-refractivity contribution in [3.8, 4) is 0 Å². The number of allylic oxidation sites excluding steroid dienone is 3. The van der Waals surface area contributed by atoms with Gasteiger partial charge in [-0.25, -0.2) is 0 Å². The molecule has 3 rings (SSSR count). The highest BCUT2D eigenvalue weighted by molar-refractivity contribution is 5.26. The fourth-order valence-electron chi connectivity index (χ4n) is 6.11. The van der Waals surface area contributed by atoms with E-state index in [2.05, 4.69) is 32.9 Å². The van der Waals surface area contributed by atoms with Crippen molar-refractivity contribution in [3.05, 3.63) is 23.3 Å². The van der Waals surface area contributed by atoms with Gasteiger partial charge >= 0.3 is 0 Å². The predicted molar refractivity (Wildman–Crippen MR) is 104 cm³/mol. The van der Waals surface area contributed by atoms with Gasteiger partial charge in [-0.15, -0.1) is 0 Å². The number of aliphatic hydroxyl groups is 2. The summed E-state index contributed by atoms with van der Waals surface area (Å²) < 4.78 is 0. The van der Waals surface area contributed by atoms with Gasteiger partial charge in [0.1, 0.15) is 0 Å². The molecule has 0 heterocycles. The van der Waals surface area contributed by atoms with E-state index in [1.165, 1.54) is 44.1 Å². The third kappa shape index (κ3) is 3.62. The van der Waals surface area contributed by atoms with Crippen molar-refractivity contribution in [2.45, 2.75) is 91.3 Å². The lowest BCUT2D eigenvalue weighted by atomic mass is 9.61. The Morgan fingerprint density at radius 1 is 1.16 bits per heavy atom. The van der Waals surface area contributed by atoms with Crippen LogP contribution in [0.4, 0.5) is 0 Å². The second kappa shape index (κ2) is 7.56. The Hall–Kier alpha value is -0.600. The fraction of sp³-hybridized carbons (Fsp3) is 0.826. The summed E-state index contributed by atoms with van der Waals surface area (Å²) in [6.45, 7) is 9.29. The molecule has 6 atom stereocenters. The molecule has 142 valence electrons. The van der Waals surface area contributed by atoms with Crippen molar-refractivity contribution in [1.29, 1.82) is 0 Å². The molecule has 0 amide bonds. The second-order valence-corrected chi connectivity index (χ2v) is 9.45. The maximum atomic E-state index is 10.1. The SMILES string of the molecule is CC[C@H](C)[C@H]1CC[C@H]2/C(=C/C=C3C[C@@H](O)C(C)[C@H](O)C3)CCC[C@]12C. The Bertz CT molecular complexity index is 520. The number of rotatable bonds is 3. The van der Waals surface area contributed by atoms with E-state index < -0.39 is 12.2 Å². The topological polar surface area (TPSA) is 40.5 Å². The van der Waals surface area contributed by atoms with Crippen LogP contribution in [0, 0.1) is 29.1 Å². The molecular weight excluding hydrogens is 308 g/mol. The molecule has 3 aliphatic carbocycles. The zero-order chi connectivity index (χ0) is 18.2. The van der Waals surface area contributed by atoms with Gasteiger partial charge in [-0.05, 0) is 68.1 Å². The summed E-state index contributed by atoms with van der Waals surface area (Å²) in [6, 6.07) is 0. The van der Waals surface area contributed by atoms with Crippen molar-refractivity contribution in [2.75, 3.05) is 0 Å². The second-order valence-electron chi connectivity index (χ2n) is 9.45. The van der Waals surface area contributed by atoms with Crippen LogP contribution < -0.4 is 0 Å². The van der Waals surface area contributed by atoms with E-state index >= 15 is 0 Å². The summed E-state index contributed by atoms with van der Waals surface area (Å²) in [5.41, 5.74) is 3.34. The monoisotopic (exact) mass is 346 g/mol. The molecule has 0 aliphatic heterocycles. The summed E-state index contributed by atoms with van der Waals surface area (Å²) in [7, 11) is 0. The lowest BCUT2D eigenvalue weighted by molar-refractivity contribution is 0.00407. The van der Waals surface area contributed by atoms with Crippen LogP contribution in [-0.4, -0.2) is 22.4 Å². The molecule has 2 N–H and O–H groups in total. The van der Waals surface area contributed by atoms with Crippen LogP contribution in [0.1, 0.15) is 79.1 Å². The first kappa shape index (κ1) is 19.2. The smallest absolute Gasteiger partial charge is 0.0627 e. The highest BCUT2D eigenvalue weighted by Gasteiger charge is 2.50. The third-order valence-corrected chi connectivity index (χ3v) is 8.06. The first-order valence-corrected chi connectivity index (χ1v) is 10.6. The molecule has 0 aromatic heterocycles. The molecule has 3 saturated carbocycles. The van der Waals surface area contributed by atoms with Gasteiger partial charge in [0.2, 0.25) is 0 Å². The maximum absolute atomic E-state index is 10.1. The van der Waals surface area contributed by atoms with Crippen LogP contribution in [0.3, 0.4) is 0 Å². The van der Waals surface area contributed by atoms with Gasteiger partial charge in [0.15, 0.2) is 0 Å². The summed E-state index contributed by atoms with van der Waals surface area (Å²) in [4.78, 5) is 0. The van der Waals surface area contributed by atoms with E-state index in [-0.39, 0.29) is 5.92 Å². The van der Waals surface area contributed by atoms with Crippen molar-refractivity contribution in [2.24, 2.45) is 29.1 Å². The highest BCUT2D eigenvalue weighted by atomic mass is 16.3. The Labute approximate surface area is 154 Å². The van der Waals surface area contributed by atoms with Crippen LogP contribution in [0.15, 0.2) is 23.3 Å². The van der Waals surface area contributed by atoms with Gasteiger partial charge in [-0.3, -0.25) is 0 Å². The predicted octanol–water partition coefficient (Wildman–Crippen LogP) is 5.25. The van der Waals surface area contributed by atoms with Crippen LogP contribution in [-0.2, 0) is 0 Å². The van der Waals surface area contributed by atoms with E-state index in [0.717, 1.165) is 30.6 Å². The van der Waals surface area contributed by atoms with Crippen molar-refractivity contribution >= 4 is 0 Å². The van der Waals surface area contributed by atoms with Gasteiger partial charge in [0, 0.05) is 5.92 Å². The standard InChI is InChI=1S/C23H38O2/c1-5-15(2)19-10-11-20-18(7-6-12-23(19,20)4)9-8-17-13-21(24)16(3)22(25)14-17/h8-9,15-16,19-22,24-25H,5-7,10-14H2,1-4H3/b17-8?,18-9+/t15-,16?,19+,20-,21+,22+,23+/m0/s1. The van der Waals surface area contributed by atoms with Crippen molar-refractivity contribution in [1.82, 2.24) is 0 Å². The van der Waals surface area contributed by atoms with Crippen LogP contribution in [0.2, 0.25) is 0 Å². The van der Waals surface area contributed by atoms with E-state index in [1.807, 2.05) is 6.92 Å². The number of hydrogen-bond donors (Lipinski definition) is 2. The Morgan fingerprint density at radius 2 is 1.84 bits per heavy atom. The van der Waals surface area contributed by atoms with E-state index in [4.69, 9.17) is 0 Å². The van der Waals surface area contributed by atoms with Gasteiger partial charge in [-0.2, -0.15) is 0 Å². The van der Waals surface area contributed by atoms with Crippen molar-refractivity contribution < 1.29 is 10.2 Å². The molecular formula is C23H38O2. The number of aliphatic hydroxyl groups excluding tert-OH is 2. The zero-order valence-corrected chi connectivity index (χ0v) is 16.7. The van der Waals surface area contributed by atoms with E-state index in [0.29, 0.717) is 5.41 Å². The van der Waals surface area contributed by atoms with E-state index in [1.54, 1.807) is 5.57 Å². The van der Waals surface area contributed by atoms with Gasteiger partial charge in [-0.1, -0.05) is 57.4 Å². The molecule has 0 unspecified atom stereocenters. The van der Waals surface area contributed by atoms with Crippen LogP contribution >= 0.6 is 0 Å². The number of hydrogen-bond acceptors (Lipinski definition) is 2. The average Bonchev–Trinajstić information content (AvgIpc) is 2.94. The quantitative estimate of drug-likeness (QED) is 0.732. The minimum absolute atomic E-state index is 0.00565. The lowest BCUT2D eigenvalue weighted by Crippen LogP contribution is -2.36. The van der Waals surface area contributed by atoms with Gasteiger partial charge in [0.25, 0.3) is 0 Å². The van der Waals surface area contributed by atoms with E-state index in [9.17, 15) is 10.2 Å². The molecule has 0 spiro atoms. The first-order chi connectivity index (χ1) is 11.9. The maximum Gasteiger partial charge on any atom is 0.0627 e. The third-order valence-electron chi connectivity index (χ3n) is 8.06. The van der Waals surface area contributed by atoms with Gasteiger partial charge in [0.05, 0.1) is 12.2 Å². The summed E-state index contributed by atoms with van der Waals surface area (Å²) >= 11 is 0. The highest BCUT2D eigenvalue weighted by Crippen LogP contribution is 2.59. The average molecular weight is 347 g/mol. The van der Waals surface area contributed by atoms with Crippen LogP contribution in [0.25, 0.3) is 0 Å². The molecule has 3 aliphatic rings. The summed E-state index contributed by atoms with van der Waals surface area (Å²) in [5, 5.41) is 20.3. The largest absolute Gasteiger partial charge is 0.392 e. The van der Waals surface area contributed by atoms with Crippen LogP contribution in [0.5, 0.6) is 0 Å². The molecule has 0 bridgehead atoms. The molecule has 2 nitrogen and oxygen atoms in total. The molecule has 0 aromatic rings. The Morgan fingerprint density at radius 3 is 2.48 bits per heavy atom. The van der Waals surface area contributed by atoms with Crippen molar-refractivity contribution in [3.63, 3.8) is 0 Å². The minimum atomic E-state index is -0.397. The molecule has 0 saturated heterocycles. The Kier molecular flexibility index (Phi) is 5.80. The molecule has 2 heteroatoms. The summed E-state index contributed by atoms with van der Waals surface area (Å²) in [6.07, 6.45) is 13.2.